The predicted octanol–water partition coefficient (Wildman–Crippen LogP) is 3.85. The van der Waals surface area contributed by atoms with Crippen molar-refractivity contribution in [3.8, 4) is 0 Å². The molecule has 0 spiro atoms. The van der Waals surface area contributed by atoms with Gasteiger partial charge in [0.1, 0.15) is 5.25 Å². The zero-order valence-electron chi connectivity index (χ0n) is 13.7. The van der Waals surface area contributed by atoms with Gasteiger partial charge in [0.2, 0.25) is 5.13 Å². The zero-order valence-corrected chi connectivity index (χ0v) is 15.3. The summed E-state index contributed by atoms with van der Waals surface area (Å²) in [7, 11) is 0. The van der Waals surface area contributed by atoms with E-state index in [1.807, 2.05) is 0 Å². The first kappa shape index (κ1) is 20.2. The van der Waals surface area contributed by atoms with Crippen molar-refractivity contribution in [1.29, 1.82) is 0 Å². The van der Waals surface area contributed by atoms with Crippen LogP contribution in [0.2, 0.25) is 0 Å². The number of halogens is 3. The minimum Gasteiger partial charge on any atom is -0.465 e. The second-order valence-corrected chi connectivity index (χ2v) is 7.48. The number of thioether (sulfide) groups is 1. The highest BCUT2D eigenvalue weighted by Gasteiger charge is 2.30. The molecule has 0 radical (unpaired) electrons. The third kappa shape index (κ3) is 5.43. The van der Waals surface area contributed by atoms with Crippen molar-refractivity contribution in [1.82, 2.24) is 10.2 Å². The lowest BCUT2D eigenvalue weighted by Crippen LogP contribution is -2.16. The minimum atomic E-state index is -4.46. The van der Waals surface area contributed by atoms with E-state index < -0.39 is 22.9 Å². The Balaban J connectivity index is 1.98. The molecule has 1 unspecified atom stereocenters. The first-order chi connectivity index (χ1) is 12.2. The molecule has 0 saturated carbocycles. The SMILES string of the molecule is CCOC(=O)C(C)Sc1nnc(NC(=O)c2ccc(C(F)(F)F)cc2)s1. The molecule has 1 heterocycles. The third-order valence-electron chi connectivity index (χ3n) is 3.00. The van der Waals surface area contributed by atoms with Crippen LogP contribution in [0.1, 0.15) is 29.8 Å². The number of amides is 1. The number of ether oxygens (including phenoxy) is 1. The minimum absolute atomic E-state index is 0.0577. The van der Waals surface area contributed by atoms with Gasteiger partial charge in [-0.05, 0) is 38.1 Å². The molecular weight excluding hydrogens is 391 g/mol. The summed E-state index contributed by atoms with van der Waals surface area (Å²) in [5.41, 5.74) is -0.779. The van der Waals surface area contributed by atoms with Gasteiger partial charge in [0.15, 0.2) is 4.34 Å². The number of carbonyl (C=O) groups is 2. The molecule has 0 saturated heterocycles. The molecule has 0 bridgehead atoms. The standard InChI is InChI=1S/C15H14F3N3O3S2/c1-3-24-12(23)8(2)25-14-21-20-13(26-14)19-11(22)9-4-6-10(7-5-9)15(16,17)18/h4-8H,3H2,1-2H3,(H,19,20,22). The lowest BCUT2D eigenvalue weighted by molar-refractivity contribution is -0.142. The Labute approximate surface area is 155 Å². The smallest absolute Gasteiger partial charge is 0.416 e. The number of benzene rings is 1. The van der Waals surface area contributed by atoms with Crippen molar-refractivity contribution in [3.05, 3.63) is 35.4 Å². The van der Waals surface area contributed by atoms with Crippen LogP contribution in [0, 0.1) is 0 Å². The van der Waals surface area contributed by atoms with Crippen molar-refractivity contribution in [3.63, 3.8) is 0 Å². The zero-order chi connectivity index (χ0) is 19.3. The molecule has 1 amide bonds. The molecule has 11 heteroatoms. The second kappa shape index (κ2) is 8.49. The molecule has 1 N–H and O–H groups in total. The number of anilines is 1. The first-order valence-electron chi connectivity index (χ1n) is 7.36. The number of nitrogens with zero attached hydrogens (tertiary/aromatic N) is 2. The van der Waals surface area contributed by atoms with E-state index in [2.05, 4.69) is 15.5 Å². The quantitative estimate of drug-likeness (QED) is 0.447. The molecule has 1 aromatic heterocycles. The van der Waals surface area contributed by atoms with Crippen LogP contribution < -0.4 is 5.32 Å². The van der Waals surface area contributed by atoms with Gasteiger partial charge in [-0.2, -0.15) is 13.2 Å². The summed E-state index contributed by atoms with van der Waals surface area (Å²) in [4.78, 5) is 23.6. The molecule has 0 aliphatic rings. The monoisotopic (exact) mass is 405 g/mol. The lowest BCUT2D eigenvalue weighted by atomic mass is 10.1. The van der Waals surface area contributed by atoms with Crippen LogP contribution in [0.3, 0.4) is 0 Å². The van der Waals surface area contributed by atoms with Crippen LogP contribution in [0.15, 0.2) is 28.6 Å². The van der Waals surface area contributed by atoms with Gasteiger partial charge in [0.25, 0.3) is 5.91 Å². The van der Waals surface area contributed by atoms with Gasteiger partial charge in [0.05, 0.1) is 12.2 Å². The fourth-order valence-corrected chi connectivity index (χ4v) is 3.64. The van der Waals surface area contributed by atoms with Crippen molar-refractivity contribution in [2.45, 2.75) is 29.6 Å². The van der Waals surface area contributed by atoms with E-state index in [9.17, 15) is 22.8 Å². The molecular formula is C15H14F3N3O3S2. The third-order valence-corrected chi connectivity index (χ3v) is 5.00. The van der Waals surface area contributed by atoms with Crippen molar-refractivity contribution in [2.24, 2.45) is 0 Å². The Hall–Kier alpha value is -2.14. The highest BCUT2D eigenvalue weighted by atomic mass is 32.2. The van der Waals surface area contributed by atoms with Crippen molar-refractivity contribution in [2.75, 3.05) is 11.9 Å². The summed E-state index contributed by atoms with van der Waals surface area (Å²) in [6.45, 7) is 3.63. The van der Waals surface area contributed by atoms with E-state index in [4.69, 9.17) is 4.74 Å². The Morgan fingerprint density at radius 1 is 1.27 bits per heavy atom. The summed E-state index contributed by atoms with van der Waals surface area (Å²) >= 11 is 2.18. The van der Waals surface area contributed by atoms with E-state index in [1.54, 1.807) is 13.8 Å². The van der Waals surface area contributed by atoms with E-state index in [0.29, 0.717) is 4.34 Å². The van der Waals surface area contributed by atoms with Crippen LogP contribution in [0.4, 0.5) is 18.3 Å². The first-order valence-corrected chi connectivity index (χ1v) is 9.05. The molecule has 0 aliphatic heterocycles. The number of hydrogen-bond donors (Lipinski definition) is 1. The van der Waals surface area contributed by atoms with Crippen LogP contribution >= 0.6 is 23.1 Å². The number of carbonyl (C=O) groups excluding carboxylic acids is 2. The highest BCUT2D eigenvalue weighted by Crippen LogP contribution is 2.31. The summed E-state index contributed by atoms with van der Waals surface area (Å²) in [5, 5.41) is 9.78. The van der Waals surface area contributed by atoms with Crippen molar-refractivity contribution >= 4 is 40.1 Å². The number of alkyl halides is 3. The molecule has 2 rings (SSSR count). The molecule has 1 aromatic carbocycles. The van der Waals surface area contributed by atoms with Crippen LogP contribution in [-0.2, 0) is 15.7 Å². The number of esters is 1. The predicted molar refractivity (Wildman–Crippen MR) is 91.3 cm³/mol. The summed E-state index contributed by atoms with van der Waals surface area (Å²) < 4.78 is 42.9. The van der Waals surface area contributed by atoms with Gasteiger partial charge in [-0.1, -0.05) is 23.1 Å². The largest absolute Gasteiger partial charge is 0.465 e. The maximum atomic E-state index is 12.5. The molecule has 2 aromatic rings. The Morgan fingerprint density at radius 3 is 2.50 bits per heavy atom. The Kier molecular flexibility index (Phi) is 6.59. The average molecular weight is 405 g/mol. The van der Waals surface area contributed by atoms with Gasteiger partial charge in [-0.3, -0.25) is 14.9 Å². The fourth-order valence-electron chi connectivity index (χ4n) is 1.75. The van der Waals surface area contributed by atoms with Crippen LogP contribution in [0.5, 0.6) is 0 Å². The topological polar surface area (TPSA) is 81.2 Å². The normalized spacial score (nSPS) is 12.5. The van der Waals surface area contributed by atoms with E-state index in [1.165, 1.54) is 0 Å². The molecule has 26 heavy (non-hydrogen) atoms. The Morgan fingerprint density at radius 2 is 1.92 bits per heavy atom. The van der Waals surface area contributed by atoms with Crippen LogP contribution in [-0.4, -0.2) is 33.9 Å². The molecule has 140 valence electrons. The fraction of sp³-hybridized carbons (Fsp3) is 0.333. The number of hydrogen-bond acceptors (Lipinski definition) is 7. The summed E-state index contributed by atoms with van der Waals surface area (Å²) in [6, 6.07) is 3.82. The van der Waals surface area contributed by atoms with E-state index >= 15 is 0 Å². The average Bonchev–Trinajstić information content (AvgIpc) is 3.01. The van der Waals surface area contributed by atoms with Gasteiger partial charge >= 0.3 is 12.1 Å². The summed E-state index contributed by atoms with van der Waals surface area (Å²) in [5.74, 6) is -0.993. The van der Waals surface area contributed by atoms with Crippen LogP contribution in [0.25, 0.3) is 0 Å². The molecule has 1 atom stereocenters. The molecule has 6 nitrogen and oxygen atoms in total. The van der Waals surface area contributed by atoms with Gasteiger partial charge in [0, 0.05) is 5.56 Å². The van der Waals surface area contributed by atoms with E-state index in [0.717, 1.165) is 47.4 Å². The lowest BCUT2D eigenvalue weighted by Gasteiger charge is -2.07. The maximum Gasteiger partial charge on any atom is 0.416 e. The van der Waals surface area contributed by atoms with Gasteiger partial charge in [-0.25, -0.2) is 0 Å². The van der Waals surface area contributed by atoms with E-state index in [-0.39, 0.29) is 23.3 Å². The van der Waals surface area contributed by atoms with Crippen molar-refractivity contribution < 1.29 is 27.5 Å². The van der Waals surface area contributed by atoms with Gasteiger partial charge in [-0.15, -0.1) is 10.2 Å². The Bertz CT molecular complexity index is 778. The van der Waals surface area contributed by atoms with Gasteiger partial charge < -0.3 is 4.74 Å². The molecule has 0 aliphatic carbocycles. The number of rotatable bonds is 6. The highest BCUT2D eigenvalue weighted by molar-refractivity contribution is 8.02. The number of aromatic nitrogens is 2. The number of nitrogens with one attached hydrogen (secondary N) is 1. The molecule has 0 fully saturated rings. The maximum absolute atomic E-state index is 12.5. The summed E-state index contributed by atoms with van der Waals surface area (Å²) in [6.07, 6.45) is -4.46. The second-order valence-electron chi connectivity index (χ2n) is 4.91.